The predicted octanol–water partition coefficient (Wildman–Crippen LogP) is 4.23. The highest BCUT2D eigenvalue weighted by atomic mass is 14.2. The maximum atomic E-state index is 2.38. The van der Waals surface area contributed by atoms with Crippen LogP contribution in [0.2, 0.25) is 5.82 Å². The topological polar surface area (TPSA) is 0 Å². The smallest absolute Gasteiger partial charge is 0.0845 e. The normalized spacial score (nSPS) is 19.1. The molecule has 0 N–H and O–H groups in total. The summed E-state index contributed by atoms with van der Waals surface area (Å²) in [6.07, 6.45) is 13.6. The summed E-state index contributed by atoms with van der Waals surface area (Å²) < 4.78 is 0. The summed E-state index contributed by atoms with van der Waals surface area (Å²) in [6.45, 7) is 0.473. The monoisotopic (exact) mass is 268 g/mol. The minimum absolute atomic E-state index is 0.459. The minimum atomic E-state index is 0.459. The van der Waals surface area contributed by atoms with Gasteiger partial charge in [-0.1, -0.05) is 96.5 Å². The van der Waals surface area contributed by atoms with Crippen molar-refractivity contribution in [1.82, 2.24) is 0 Å². The van der Waals surface area contributed by atoms with Gasteiger partial charge in [0, 0.05) is 0 Å². The number of hydrogen-bond acceptors (Lipinski definition) is 0. The maximum Gasteiger partial charge on any atom is 0.198 e. The van der Waals surface area contributed by atoms with Crippen molar-refractivity contribution < 1.29 is 0 Å². The Morgan fingerprint density at radius 2 is 1.43 bits per heavy atom. The Morgan fingerprint density at radius 3 is 2.24 bits per heavy atom. The van der Waals surface area contributed by atoms with E-state index in [2.05, 4.69) is 91.1 Å². The van der Waals surface area contributed by atoms with Crippen molar-refractivity contribution in [3.8, 4) is 0 Å². The standard InChI is InChI=1S/C20H17B/c1-2-9-17(10-3-1)21(18-11-5-6-12-18)20-15-14-16-8-4-7-13-19(16)20/h1-15,18,20H. The molecule has 1 heteroatoms. The molecular weight excluding hydrogens is 251 g/mol. The van der Waals surface area contributed by atoms with Crippen LogP contribution in [0.15, 0.2) is 85.0 Å². The van der Waals surface area contributed by atoms with Crippen LogP contribution >= 0.6 is 0 Å². The van der Waals surface area contributed by atoms with Crippen molar-refractivity contribution >= 4 is 18.3 Å². The van der Waals surface area contributed by atoms with Gasteiger partial charge >= 0.3 is 0 Å². The van der Waals surface area contributed by atoms with E-state index in [1.807, 2.05) is 0 Å². The Labute approximate surface area is 126 Å². The third-order valence-corrected chi connectivity index (χ3v) is 4.60. The SMILES string of the molecule is C1=CC(B(c2ccccc2)C2C=Cc3ccccc32)C=C1. The Kier molecular flexibility index (Phi) is 3.12. The van der Waals surface area contributed by atoms with Crippen LogP contribution in [0, 0.1) is 0 Å². The van der Waals surface area contributed by atoms with Crippen LogP contribution in [-0.4, -0.2) is 6.71 Å². The summed E-state index contributed by atoms with van der Waals surface area (Å²) in [4.78, 5) is 0. The van der Waals surface area contributed by atoms with E-state index in [0.29, 0.717) is 18.3 Å². The zero-order valence-electron chi connectivity index (χ0n) is 11.9. The van der Waals surface area contributed by atoms with E-state index in [9.17, 15) is 0 Å². The predicted molar refractivity (Wildman–Crippen MR) is 92.1 cm³/mol. The summed E-state index contributed by atoms with van der Waals surface area (Å²) in [6, 6.07) is 19.7. The van der Waals surface area contributed by atoms with Crippen LogP contribution in [0.25, 0.3) is 6.08 Å². The van der Waals surface area contributed by atoms with Crippen molar-refractivity contribution in [1.29, 1.82) is 0 Å². The van der Waals surface area contributed by atoms with Gasteiger partial charge in [0.25, 0.3) is 0 Å². The molecule has 0 bridgehead atoms. The molecule has 0 heterocycles. The second-order valence-corrected chi connectivity index (χ2v) is 5.80. The van der Waals surface area contributed by atoms with Gasteiger partial charge in [-0.25, -0.2) is 0 Å². The Balaban J connectivity index is 1.79. The highest BCUT2D eigenvalue weighted by Crippen LogP contribution is 2.37. The van der Waals surface area contributed by atoms with E-state index in [1.165, 1.54) is 16.6 Å². The Morgan fingerprint density at radius 1 is 0.714 bits per heavy atom. The van der Waals surface area contributed by atoms with Crippen molar-refractivity contribution in [2.75, 3.05) is 0 Å². The van der Waals surface area contributed by atoms with Crippen LogP contribution < -0.4 is 5.46 Å². The van der Waals surface area contributed by atoms with Crippen molar-refractivity contribution in [3.63, 3.8) is 0 Å². The van der Waals surface area contributed by atoms with Gasteiger partial charge in [-0.3, -0.25) is 0 Å². The molecule has 0 aliphatic heterocycles. The summed E-state index contributed by atoms with van der Waals surface area (Å²) >= 11 is 0. The van der Waals surface area contributed by atoms with Crippen LogP contribution in [-0.2, 0) is 0 Å². The van der Waals surface area contributed by atoms with E-state index in [-0.39, 0.29) is 0 Å². The van der Waals surface area contributed by atoms with Crippen molar-refractivity contribution in [2.45, 2.75) is 11.6 Å². The molecule has 0 saturated heterocycles. The van der Waals surface area contributed by atoms with Gasteiger partial charge in [-0.2, -0.15) is 0 Å². The zero-order valence-corrected chi connectivity index (χ0v) is 11.9. The molecule has 2 aromatic rings. The minimum Gasteiger partial charge on any atom is -0.0845 e. The summed E-state index contributed by atoms with van der Waals surface area (Å²) in [5, 5.41) is 0. The molecular formula is C20H17B. The van der Waals surface area contributed by atoms with Crippen molar-refractivity contribution in [2.24, 2.45) is 0 Å². The first-order valence-corrected chi connectivity index (χ1v) is 7.60. The molecule has 0 fully saturated rings. The molecule has 2 aliphatic carbocycles. The molecule has 0 spiro atoms. The number of hydrogen-bond donors (Lipinski definition) is 0. The quantitative estimate of drug-likeness (QED) is 0.730. The van der Waals surface area contributed by atoms with Crippen LogP contribution in [0.3, 0.4) is 0 Å². The number of allylic oxidation sites excluding steroid dienone is 5. The molecule has 21 heavy (non-hydrogen) atoms. The van der Waals surface area contributed by atoms with E-state index < -0.39 is 0 Å². The number of fused-ring (bicyclic) bond motifs is 1. The molecule has 2 aromatic carbocycles. The van der Waals surface area contributed by atoms with Gasteiger partial charge in [0.1, 0.15) is 0 Å². The lowest BCUT2D eigenvalue weighted by Crippen LogP contribution is -2.38. The lowest BCUT2D eigenvalue weighted by molar-refractivity contribution is 1.16. The largest absolute Gasteiger partial charge is 0.198 e. The third kappa shape index (κ3) is 2.19. The average molecular weight is 268 g/mol. The first-order valence-electron chi connectivity index (χ1n) is 7.60. The van der Waals surface area contributed by atoms with Gasteiger partial charge in [0.15, 0.2) is 6.71 Å². The van der Waals surface area contributed by atoms with Crippen LogP contribution in [0.1, 0.15) is 16.9 Å². The lowest BCUT2D eigenvalue weighted by Gasteiger charge is -2.25. The van der Waals surface area contributed by atoms with Crippen LogP contribution in [0.4, 0.5) is 0 Å². The molecule has 0 radical (unpaired) electrons. The summed E-state index contributed by atoms with van der Waals surface area (Å²) in [5.74, 6) is 0.939. The summed E-state index contributed by atoms with van der Waals surface area (Å²) in [7, 11) is 0. The highest BCUT2D eigenvalue weighted by molar-refractivity contribution is 6.77. The van der Waals surface area contributed by atoms with Gasteiger partial charge in [-0.15, -0.1) is 0 Å². The van der Waals surface area contributed by atoms with Gasteiger partial charge in [0.05, 0.1) is 0 Å². The molecule has 0 aromatic heterocycles. The lowest BCUT2D eigenvalue weighted by atomic mass is 9.30. The zero-order chi connectivity index (χ0) is 14.1. The van der Waals surface area contributed by atoms with E-state index in [1.54, 1.807) is 0 Å². The fourth-order valence-electron chi connectivity index (χ4n) is 3.62. The molecule has 0 amide bonds. The molecule has 4 rings (SSSR count). The fourth-order valence-corrected chi connectivity index (χ4v) is 3.62. The van der Waals surface area contributed by atoms with Crippen LogP contribution in [0.5, 0.6) is 0 Å². The average Bonchev–Trinajstić information content (AvgIpc) is 3.20. The first kappa shape index (κ1) is 12.5. The fraction of sp³-hybridized carbons (Fsp3) is 0.100. The Hall–Kier alpha value is -2.28. The van der Waals surface area contributed by atoms with Gasteiger partial charge in [-0.05, 0) is 22.8 Å². The van der Waals surface area contributed by atoms with E-state index >= 15 is 0 Å². The summed E-state index contributed by atoms with van der Waals surface area (Å²) in [5.41, 5.74) is 4.25. The third-order valence-electron chi connectivity index (χ3n) is 4.60. The number of benzene rings is 2. The maximum absolute atomic E-state index is 2.38. The van der Waals surface area contributed by atoms with Gasteiger partial charge < -0.3 is 0 Å². The van der Waals surface area contributed by atoms with Gasteiger partial charge in [0.2, 0.25) is 0 Å². The molecule has 1 atom stereocenters. The molecule has 100 valence electrons. The second-order valence-electron chi connectivity index (χ2n) is 5.80. The van der Waals surface area contributed by atoms with Crippen molar-refractivity contribution in [3.05, 3.63) is 96.1 Å². The Bertz CT molecular complexity index is 713. The molecule has 2 aliphatic rings. The van der Waals surface area contributed by atoms with E-state index in [4.69, 9.17) is 0 Å². The molecule has 0 nitrogen and oxygen atoms in total. The number of rotatable bonds is 3. The second kappa shape index (κ2) is 5.25. The first-order chi connectivity index (χ1) is 10.4. The highest BCUT2D eigenvalue weighted by Gasteiger charge is 2.35. The van der Waals surface area contributed by atoms with E-state index in [0.717, 1.165) is 0 Å². The molecule has 1 unspecified atom stereocenters. The molecule has 0 saturated carbocycles.